The molecule has 0 fully saturated rings. The van der Waals surface area contributed by atoms with Gasteiger partial charge in [0.25, 0.3) is 17.4 Å². The van der Waals surface area contributed by atoms with Gasteiger partial charge in [0.05, 0.1) is 27.2 Å². The summed E-state index contributed by atoms with van der Waals surface area (Å²) in [5, 5.41) is 19.0. The summed E-state index contributed by atoms with van der Waals surface area (Å²) in [4.78, 5) is 31.9. The predicted molar refractivity (Wildman–Crippen MR) is 127 cm³/mol. The summed E-state index contributed by atoms with van der Waals surface area (Å²) in [6.45, 7) is 0. The van der Waals surface area contributed by atoms with Gasteiger partial charge >= 0.3 is 6.18 Å². The number of thiophene rings is 1. The van der Waals surface area contributed by atoms with Gasteiger partial charge in [-0.25, -0.2) is 9.37 Å². The van der Waals surface area contributed by atoms with Crippen LogP contribution in [0.4, 0.5) is 28.9 Å². The van der Waals surface area contributed by atoms with Crippen molar-refractivity contribution in [1.82, 2.24) is 19.6 Å². The van der Waals surface area contributed by atoms with Crippen LogP contribution in [0.5, 0.6) is 11.5 Å². The first-order valence-corrected chi connectivity index (χ1v) is 11.4. The third-order valence-corrected chi connectivity index (χ3v) is 5.88. The minimum Gasteiger partial charge on any atom is -0.457 e. The Labute approximate surface area is 213 Å². The third-order valence-electron chi connectivity index (χ3n) is 4.99. The number of benzene rings is 2. The van der Waals surface area contributed by atoms with E-state index in [1.807, 2.05) is 0 Å². The molecule has 2 aromatic carbocycles. The lowest BCUT2D eigenvalue weighted by molar-refractivity contribution is -0.384. The number of hydrogen-bond donors (Lipinski definition) is 1. The summed E-state index contributed by atoms with van der Waals surface area (Å²) in [6.07, 6.45) is -4.83. The largest absolute Gasteiger partial charge is 0.457 e. The zero-order valence-corrected chi connectivity index (χ0v) is 19.5. The van der Waals surface area contributed by atoms with Crippen LogP contribution in [-0.2, 0) is 6.18 Å². The van der Waals surface area contributed by atoms with E-state index in [1.54, 1.807) is 17.5 Å². The van der Waals surface area contributed by atoms with Crippen LogP contribution in [0.2, 0.25) is 0 Å². The van der Waals surface area contributed by atoms with Gasteiger partial charge in [-0.2, -0.15) is 22.7 Å². The number of nitrogens with one attached hydrogen (secondary N) is 1. The number of nitro groups is 1. The molecule has 1 N–H and O–H groups in total. The first-order valence-electron chi connectivity index (χ1n) is 10.5. The zero-order chi connectivity index (χ0) is 27.0. The van der Waals surface area contributed by atoms with Crippen molar-refractivity contribution in [1.29, 1.82) is 0 Å². The Morgan fingerprint density at radius 3 is 2.47 bits per heavy atom. The molecule has 10 nitrogen and oxygen atoms in total. The van der Waals surface area contributed by atoms with Gasteiger partial charge in [0.1, 0.15) is 17.3 Å². The number of alkyl halides is 3. The van der Waals surface area contributed by atoms with Crippen molar-refractivity contribution < 1.29 is 32.0 Å². The van der Waals surface area contributed by atoms with E-state index in [2.05, 4.69) is 20.4 Å². The average Bonchev–Trinajstić information content (AvgIpc) is 3.54. The maximum absolute atomic E-state index is 13.8. The number of carbonyl (C=O) groups is 1. The number of nitrogens with zero attached hydrogens (tertiary/aromatic N) is 5. The van der Waals surface area contributed by atoms with Gasteiger partial charge in [0.2, 0.25) is 5.82 Å². The minimum absolute atomic E-state index is 0.000418. The molecule has 0 atom stereocenters. The first kappa shape index (κ1) is 24.8. The Balaban J connectivity index is 1.48. The van der Waals surface area contributed by atoms with Gasteiger partial charge in [-0.05, 0) is 41.8 Å². The molecule has 0 saturated carbocycles. The highest BCUT2D eigenvalue weighted by atomic mass is 32.1. The first-order chi connectivity index (χ1) is 18.1. The van der Waals surface area contributed by atoms with Crippen LogP contribution < -0.4 is 10.1 Å². The van der Waals surface area contributed by atoms with Crippen LogP contribution in [0.25, 0.3) is 16.3 Å². The fraction of sp³-hybridized carbons (Fsp3) is 0.0435. The number of rotatable bonds is 6. The number of halogens is 4. The summed E-state index contributed by atoms with van der Waals surface area (Å²) in [5.41, 5.74) is -1.77. The topological polar surface area (TPSA) is 125 Å². The van der Waals surface area contributed by atoms with E-state index in [4.69, 9.17) is 4.74 Å². The second-order valence-electron chi connectivity index (χ2n) is 7.63. The standard InChI is InChI=1S/C23H12F4N6O4S/c24-12-3-5-15(6-4-12)37-16-9-13(8-14(10-16)33(35)36)28-21(34)20-30-22-29-17(18-2-1-7-38-18)11-19(23(25,26)27)32(22)31-20/h1-11H,(H,28,34). The van der Waals surface area contributed by atoms with E-state index in [0.717, 1.165) is 30.3 Å². The van der Waals surface area contributed by atoms with Crippen molar-refractivity contribution in [2.45, 2.75) is 6.18 Å². The van der Waals surface area contributed by atoms with Crippen LogP contribution in [0.3, 0.4) is 0 Å². The van der Waals surface area contributed by atoms with Crippen molar-refractivity contribution in [2.75, 3.05) is 5.32 Å². The normalized spacial score (nSPS) is 11.5. The lowest BCUT2D eigenvalue weighted by Crippen LogP contribution is -2.16. The molecule has 0 bridgehead atoms. The van der Waals surface area contributed by atoms with E-state index in [1.165, 1.54) is 29.5 Å². The van der Waals surface area contributed by atoms with Crippen molar-refractivity contribution in [2.24, 2.45) is 0 Å². The molecule has 3 heterocycles. The van der Waals surface area contributed by atoms with Crippen LogP contribution in [-0.4, -0.2) is 30.4 Å². The molecule has 5 aromatic rings. The number of hydrogen-bond acceptors (Lipinski definition) is 8. The minimum atomic E-state index is -4.83. The number of nitro benzene ring substituents is 1. The summed E-state index contributed by atoms with van der Waals surface area (Å²) in [5.74, 6) is -2.58. The predicted octanol–water partition coefficient (Wildman–Crippen LogP) is 5.96. The zero-order valence-electron chi connectivity index (χ0n) is 18.6. The van der Waals surface area contributed by atoms with Crippen LogP contribution in [0, 0.1) is 15.9 Å². The summed E-state index contributed by atoms with van der Waals surface area (Å²) < 4.78 is 60.3. The fourth-order valence-corrected chi connectivity index (χ4v) is 4.05. The third kappa shape index (κ3) is 5.12. The molecule has 0 aliphatic carbocycles. The Hall–Kier alpha value is -4.92. The molecule has 192 valence electrons. The van der Waals surface area contributed by atoms with Crippen molar-refractivity contribution in [3.8, 4) is 22.1 Å². The van der Waals surface area contributed by atoms with E-state index in [0.29, 0.717) is 9.39 Å². The van der Waals surface area contributed by atoms with Crippen LogP contribution >= 0.6 is 11.3 Å². The number of carbonyl (C=O) groups excluding carboxylic acids is 1. The van der Waals surface area contributed by atoms with E-state index >= 15 is 0 Å². The lowest BCUT2D eigenvalue weighted by Gasteiger charge is -2.09. The SMILES string of the molecule is O=C(Nc1cc(Oc2ccc(F)cc2)cc([N+](=O)[O-])c1)c1nc2nc(-c3cccs3)cc(C(F)(F)F)n2n1. The molecule has 0 spiro atoms. The quantitative estimate of drug-likeness (QED) is 0.159. The van der Waals surface area contributed by atoms with Gasteiger partial charge < -0.3 is 10.1 Å². The lowest BCUT2D eigenvalue weighted by atomic mass is 10.2. The van der Waals surface area contributed by atoms with Crippen molar-refractivity contribution in [3.63, 3.8) is 0 Å². The summed E-state index contributed by atoms with van der Waals surface area (Å²) in [6, 6.07) is 12.2. The fourth-order valence-electron chi connectivity index (χ4n) is 3.36. The molecule has 38 heavy (non-hydrogen) atoms. The maximum atomic E-state index is 13.8. The Bertz CT molecular complexity index is 1670. The number of ether oxygens (including phenoxy) is 1. The number of aromatic nitrogens is 4. The molecule has 0 aliphatic rings. The van der Waals surface area contributed by atoms with E-state index < -0.39 is 45.8 Å². The molecule has 15 heteroatoms. The molecule has 0 aliphatic heterocycles. The molecule has 0 radical (unpaired) electrons. The van der Waals surface area contributed by atoms with Gasteiger partial charge in [-0.15, -0.1) is 16.4 Å². The number of fused-ring (bicyclic) bond motifs is 1. The number of anilines is 1. The highest BCUT2D eigenvalue weighted by Gasteiger charge is 2.36. The van der Waals surface area contributed by atoms with E-state index in [9.17, 15) is 32.5 Å². The van der Waals surface area contributed by atoms with Gasteiger partial charge in [0.15, 0.2) is 5.69 Å². The molecule has 5 rings (SSSR count). The smallest absolute Gasteiger partial charge is 0.433 e. The highest BCUT2D eigenvalue weighted by molar-refractivity contribution is 7.13. The van der Waals surface area contributed by atoms with Gasteiger partial charge in [-0.1, -0.05) is 6.07 Å². The molecule has 0 unspecified atom stereocenters. The van der Waals surface area contributed by atoms with E-state index in [-0.39, 0.29) is 22.9 Å². The van der Waals surface area contributed by atoms with Crippen molar-refractivity contribution in [3.05, 3.63) is 93.5 Å². The maximum Gasteiger partial charge on any atom is 0.433 e. The Kier molecular flexibility index (Phi) is 6.20. The highest BCUT2D eigenvalue weighted by Crippen LogP contribution is 2.33. The Morgan fingerprint density at radius 1 is 1.05 bits per heavy atom. The molecular weight excluding hydrogens is 532 g/mol. The molecule has 1 amide bonds. The number of amides is 1. The molecule has 3 aromatic heterocycles. The van der Waals surface area contributed by atoms with Gasteiger partial charge in [0, 0.05) is 12.1 Å². The number of non-ortho nitro benzene ring substituents is 1. The van der Waals surface area contributed by atoms with Crippen molar-refractivity contribution >= 4 is 34.4 Å². The monoisotopic (exact) mass is 544 g/mol. The van der Waals surface area contributed by atoms with Gasteiger partial charge in [-0.3, -0.25) is 14.9 Å². The second-order valence-corrected chi connectivity index (χ2v) is 8.58. The Morgan fingerprint density at radius 2 is 1.82 bits per heavy atom. The molecule has 0 saturated heterocycles. The van der Waals surface area contributed by atoms with Crippen LogP contribution in [0.1, 0.15) is 16.3 Å². The van der Waals surface area contributed by atoms with Crippen LogP contribution in [0.15, 0.2) is 66.0 Å². The summed E-state index contributed by atoms with van der Waals surface area (Å²) in [7, 11) is 0. The molecular formula is C23H12F4N6O4S. The second kappa shape index (κ2) is 9.51. The summed E-state index contributed by atoms with van der Waals surface area (Å²) >= 11 is 1.17. The average molecular weight is 544 g/mol.